The van der Waals surface area contributed by atoms with Crippen LogP contribution in [0.5, 0.6) is 11.5 Å². The van der Waals surface area contributed by atoms with E-state index in [0.717, 1.165) is 0 Å². The molecule has 1 aromatic rings. The number of hydrogen-bond donors (Lipinski definition) is 1. The number of aliphatic carboxylic acids is 1. The number of rotatable bonds is 4. The first-order valence-electron chi connectivity index (χ1n) is 6.72. The number of carboxylic acids is 1. The smallest absolute Gasteiger partial charge is 0.334 e. The summed E-state index contributed by atoms with van der Waals surface area (Å²) in [4.78, 5) is 25.2. The second-order valence-corrected chi connectivity index (χ2v) is 5.43. The molecule has 0 bridgehead atoms. The van der Waals surface area contributed by atoms with Crippen molar-refractivity contribution in [2.24, 2.45) is 0 Å². The Morgan fingerprint density at radius 3 is 2.43 bits per heavy atom. The van der Waals surface area contributed by atoms with Crippen LogP contribution in [0.2, 0.25) is 0 Å². The third-order valence-corrected chi connectivity index (χ3v) is 3.69. The largest absolute Gasteiger partial charge is 0.479 e. The third-order valence-electron chi connectivity index (χ3n) is 3.69. The van der Waals surface area contributed by atoms with Gasteiger partial charge in [0, 0.05) is 13.0 Å². The molecular formula is C15H19NO5. The molecule has 1 aliphatic heterocycles. The van der Waals surface area contributed by atoms with Gasteiger partial charge in [0.25, 0.3) is 0 Å². The van der Waals surface area contributed by atoms with Crippen molar-refractivity contribution in [2.75, 3.05) is 6.79 Å². The second-order valence-electron chi connectivity index (χ2n) is 5.43. The molecule has 0 spiro atoms. The molecule has 0 aromatic heterocycles. The van der Waals surface area contributed by atoms with Gasteiger partial charge in [-0.3, -0.25) is 4.79 Å². The first kappa shape index (κ1) is 15.2. The average molecular weight is 293 g/mol. The molecule has 0 saturated carbocycles. The summed E-state index contributed by atoms with van der Waals surface area (Å²) >= 11 is 0. The first-order chi connectivity index (χ1) is 9.78. The number of nitrogens with zero attached hydrogens (tertiary/aromatic N) is 1. The van der Waals surface area contributed by atoms with E-state index in [9.17, 15) is 14.7 Å². The molecule has 1 aliphatic rings. The normalized spacial score (nSPS) is 15.7. The summed E-state index contributed by atoms with van der Waals surface area (Å²) in [6, 6.07) is 4.68. The summed E-state index contributed by atoms with van der Waals surface area (Å²) in [6.45, 7) is 6.58. The van der Waals surface area contributed by atoms with E-state index in [4.69, 9.17) is 9.47 Å². The first-order valence-corrected chi connectivity index (χ1v) is 6.72. The molecule has 21 heavy (non-hydrogen) atoms. The van der Waals surface area contributed by atoms with Crippen molar-refractivity contribution >= 4 is 11.9 Å². The summed E-state index contributed by atoms with van der Waals surface area (Å²) < 4.78 is 10.5. The average Bonchev–Trinajstić information content (AvgIpc) is 2.84. The Hall–Kier alpha value is -2.24. The van der Waals surface area contributed by atoms with E-state index in [1.807, 2.05) is 0 Å². The Balaban J connectivity index is 2.56. The van der Waals surface area contributed by atoms with Crippen molar-refractivity contribution in [1.29, 1.82) is 0 Å². The Morgan fingerprint density at radius 2 is 1.90 bits per heavy atom. The highest BCUT2D eigenvalue weighted by Crippen LogP contribution is 2.38. The zero-order chi connectivity index (χ0) is 15.8. The van der Waals surface area contributed by atoms with Crippen LogP contribution < -0.4 is 9.47 Å². The minimum Gasteiger partial charge on any atom is -0.479 e. The number of benzene rings is 1. The van der Waals surface area contributed by atoms with Crippen molar-refractivity contribution < 1.29 is 24.2 Å². The Labute approximate surface area is 123 Å². The van der Waals surface area contributed by atoms with E-state index in [0.29, 0.717) is 17.1 Å². The molecule has 1 atom stereocenters. The summed E-state index contributed by atoms with van der Waals surface area (Å²) in [5, 5.41) is 9.74. The summed E-state index contributed by atoms with van der Waals surface area (Å²) in [6.07, 6.45) is 0. The van der Waals surface area contributed by atoms with Crippen molar-refractivity contribution in [1.82, 2.24) is 4.90 Å². The fourth-order valence-electron chi connectivity index (χ4n) is 2.76. The molecule has 0 radical (unpaired) electrons. The highest BCUT2D eigenvalue weighted by Gasteiger charge is 2.44. The van der Waals surface area contributed by atoms with E-state index in [1.54, 1.807) is 32.0 Å². The maximum absolute atomic E-state index is 12.0. The van der Waals surface area contributed by atoms with Gasteiger partial charge in [0.1, 0.15) is 0 Å². The zero-order valence-electron chi connectivity index (χ0n) is 12.5. The number of carboxylic acid groups (broad SMARTS) is 1. The summed E-state index contributed by atoms with van der Waals surface area (Å²) in [7, 11) is 0. The molecule has 0 saturated heterocycles. The Kier molecular flexibility index (Phi) is 3.80. The number of amides is 1. The Morgan fingerprint density at radius 1 is 1.29 bits per heavy atom. The summed E-state index contributed by atoms with van der Waals surface area (Å²) in [5.41, 5.74) is -0.996. The van der Waals surface area contributed by atoms with Gasteiger partial charge in [-0.2, -0.15) is 0 Å². The molecule has 1 heterocycles. The fraction of sp³-hybridized carbons (Fsp3) is 0.467. The maximum atomic E-state index is 12.0. The molecule has 6 nitrogen and oxygen atoms in total. The number of carbonyl (C=O) groups is 2. The van der Waals surface area contributed by atoms with Gasteiger partial charge in [-0.15, -0.1) is 0 Å². The predicted octanol–water partition coefficient (Wildman–Crippen LogP) is 1.97. The topological polar surface area (TPSA) is 76.1 Å². The molecular weight excluding hydrogens is 274 g/mol. The van der Waals surface area contributed by atoms with E-state index < -0.39 is 11.5 Å². The van der Waals surface area contributed by atoms with Crippen LogP contribution in [0.4, 0.5) is 0 Å². The van der Waals surface area contributed by atoms with Crippen LogP contribution in [-0.4, -0.2) is 34.7 Å². The maximum Gasteiger partial charge on any atom is 0.334 e. The van der Waals surface area contributed by atoms with Gasteiger partial charge in [-0.1, -0.05) is 6.07 Å². The van der Waals surface area contributed by atoms with Crippen LogP contribution in [0.15, 0.2) is 18.2 Å². The quantitative estimate of drug-likeness (QED) is 0.918. The lowest BCUT2D eigenvalue weighted by Crippen LogP contribution is -2.55. The third kappa shape index (κ3) is 2.41. The second kappa shape index (κ2) is 5.27. The Bertz CT molecular complexity index is 583. The lowest BCUT2D eigenvalue weighted by atomic mass is 9.88. The highest BCUT2D eigenvalue weighted by molar-refractivity contribution is 5.87. The fourth-order valence-corrected chi connectivity index (χ4v) is 2.76. The highest BCUT2D eigenvalue weighted by atomic mass is 16.7. The van der Waals surface area contributed by atoms with Gasteiger partial charge in [0.05, 0.1) is 0 Å². The van der Waals surface area contributed by atoms with E-state index >= 15 is 0 Å². The standard InChI is InChI=1S/C15H19NO5/c1-9(2)16(10(3)17)15(4,14(18)19)11-5-6-12-13(7-11)21-8-20-12/h5-7,9H,8H2,1-4H3,(H,18,19). The number of fused-ring (bicyclic) bond motifs is 1. The van der Waals surface area contributed by atoms with Gasteiger partial charge in [0.15, 0.2) is 17.0 Å². The molecule has 1 N–H and O–H groups in total. The monoisotopic (exact) mass is 293 g/mol. The van der Waals surface area contributed by atoms with E-state index in [1.165, 1.54) is 18.7 Å². The van der Waals surface area contributed by atoms with E-state index in [2.05, 4.69) is 0 Å². The number of carbonyl (C=O) groups excluding carboxylic acids is 1. The SMILES string of the molecule is CC(=O)N(C(C)C)C(C)(C(=O)O)c1ccc2c(c1)OCO2. The van der Waals surface area contributed by atoms with Crippen molar-refractivity contribution in [3.63, 3.8) is 0 Å². The molecule has 1 aromatic carbocycles. The molecule has 1 amide bonds. The van der Waals surface area contributed by atoms with Gasteiger partial charge >= 0.3 is 5.97 Å². The van der Waals surface area contributed by atoms with Gasteiger partial charge in [-0.05, 0) is 38.5 Å². The van der Waals surface area contributed by atoms with Crippen LogP contribution in [0, 0.1) is 0 Å². The molecule has 2 rings (SSSR count). The number of hydrogen-bond acceptors (Lipinski definition) is 4. The molecule has 6 heteroatoms. The van der Waals surface area contributed by atoms with E-state index in [-0.39, 0.29) is 18.7 Å². The van der Waals surface area contributed by atoms with Crippen LogP contribution in [-0.2, 0) is 15.1 Å². The number of ether oxygens (including phenoxy) is 2. The zero-order valence-corrected chi connectivity index (χ0v) is 12.5. The van der Waals surface area contributed by atoms with Gasteiger partial charge in [0.2, 0.25) is 12.7 Å². The minimum atomic E-state index is -1.47. The van der Waals surface area contributed by atoms with Crippen LogP contribution in [0.25, 0.3) is 0 Å². The van der Waals surface area contributed by atoms with Crippen molar-refractivity contribution in [2.45, 2.75) is 39.3 Å². The lowest BCUT2D eigenvalue weighted by Gasteiger charge is -2.40. The predicted molar refractivity (Wildman–Crippen MR) is 75.2 cm³/mol. The molecule has 1 unspecified atom stereocenters. The van der Waals surface area contributed by atoms with Crippen molar-refractivity contribution in [3.8, 4) is 11.5 Å². The lowest BCUT2D eigenvalue weighted by molar-refractivity contribution is -0.160. The van der Waals surface area contributed by atoms with Crippen LogP contribution >= 0.6 is 0 Å². The molecule has 0 aliphatic carbocycles. The van der Waals surface area contributed by atoms with Gasteiger partial charge in [-0.25, -0.2) is 4.79 Å². The van der Waals surface area contributed by atoms with Crippen LogP contribution in [0.3, 0.4) is 0 Å². The summed E-state index contributed by atoms with van der Waals surface area (Å²) in [5.74, 6) is -0.324. The van der Waals surface area contributed by atoms with Crippen molar-refractivity contribution in [3.05, 3.63) is 23.8 Å². The minimum absolute atomic E-state index is 0.114. The molecule has 0 fully saturated rings. The van der Waals surface area contributed by atoms with Gasteiger partial charge < -0.3 is 19.5 Å². The molecule has 114 valence electrons. The van der Waals surface area contributed by atoms with Crippen LogP contribution in [0.1, 0.15) is 33.3 Å².